The summed E-state index contributed by atoms with van der Waals surface area (Å²) in [5.41, 5.74) is 1.16. The first-order chi connectivity index (χ1) is 15.8. The minimum atomic E-state index is -0.678. The van der Waals surface area contributed by atoms with Crippen molar-refractivity contribution in [1.29, 1.82) is 0 Å². The Labute approximate surface area is 193 Å². The zero-order valence-corrected chi connectivity index (χ0v) is 18.7. The number of anilines is 1. The number of non-ortho nitro benzene ring substituents is 1. The number of amides is 2. The Morgan fingerprint density at radius 2 is 1.79 bits per heavy atom. The summed E-state index contributed by atoms with van der Waals surface area (Å²) >= 11 is 0.938. The minimum Gasteiger partial charge on any atom is -0.462 e. The predicted molar refractivity (Wildman–Crippen MR) is 124 cm³/mol. The third kappa shape index (κ3) is 5.60. The average molecular weight is 468 g/mol. The van der Waals surface area contributed by atoms with E-state index >= 15 is 0 Å². The molecule has 0 aliphatic heterocycles. The Kier molecular flexibility index (Phi) is 7.52. The van der Waals surface area contributed by atoms with Gasteiger partial charge in [0.2, 0.25) is 0 Å². The molecule has 0 saturated carbocycles. The summed E-state index contributed by atoms with van der Waals surface area (Å²) in [6.45, 7) is 3.65. The fourth-order valence-electron chi connectivity index (χ4n) is 3.06. The molecule has 3 aromatic rings. The quantitative estimate of drug-likeness (QED) is 0.288. The SMILES string of the molecule is CCOC(=O)c1c(NC(=O)c2cccc([N+](=O)[O-])c2)sc(C(=O)NCc2ccccc2)c1C. The predicted octanol–water partition coefficient (Wildman–Crippen LogP) is 4.32. The summed E-state index contributed by atoms with van der Waals surface area (Å²) in [5, 5.41) is 16.5. The zero-order chi connectivity index (χ0) is 24.0. The van der Waals surface area contributed by atoms with Crippen LogP contribution in [0, 0.1) is 17.0 Å². The lowest BCUT2D eigenvalue weighted by Gasteiger charge is -2.07. The summed E-state index contributed by atoms with van der Waals surface area (Å²) in [4.78, 5) is 48.8. The Balaban J connectivity index is 1.89. The van der Waals surface area contributed by atoms with Gasteiger partial charge in [0.1, 0.15) is 5.00 Å². The van der Waals surface area contributed by atoms with Crippen LogP contribution in [-0.2, 0) is 11.3 Å². The van der Waals surface area contributed by atoms with E-state index in [1.807, 2.05) is 30.3 Å². The van der Waals surface area contributed by atoms with Crippen LogP contribution in [0.5, 0.6) is 0 Å². The Morgan fingerprint density at radius 3 is 2.45 bits per heavy atom. The summed E-state index contributed by atoms with van der Waals surface area (Å²) < 4.78 is 5.11. The average Bonchev–Trinajstić information content (AvgIpc) is 3.14. The molecule has 10 heteroatoms. The second-order valence-corrected chi connectivity index (χ2v) is 7.93. The lowest BCUT2D eigenvalue weighted by Crippen LogP contribution is -2.22. The molecule has 1 aromatic heterocycles. The molecule has 0 aliphatic carbocycles. The van der Waals surface area contributed by atoms with Crippen LogP contribution in [0.3, 0.4) is 0 Å². The highest BCUT2D eigenvalue weighted by molar-refractivity contribution is 7.18. The number of nitro benzene ring substituents is 1. The number of hydrogen-bond acceptors (Lipinski definition) is 7. The van der Waals surface area contributed by atoms with Crippen molar-refractivity contribution >= 4 is 39.8 Å². The number of ether oxygens (including phenoxy) is 1. The fourth-order valence-corrected chi connectivity index (χ4v) is 4.17. The number of carbonyl (C=O) groups excluding carboxylic acids is 3. The molecule has 0 atom stereocenters. The van der Waals surface area contributed by atoms with Gasteiger partial charge in [-0.15, -0.1) is 11.3 Å². The first-order valence-electron chi connectivity index (χ1n) is 10.00. The second-order valence-electron chi connectivity index (χ2n) is 6.91. The van der Waals surface area contributed by atoms with Gasteiger partial charge in [-0.3, -0.25) is 19.7 Å². The molecule has 2 amide bonds. The van der Waals surface area contributed by atoms with Gasteiger partial charge in [0.15, 0.2) is 0 Å². The number of hydrogen-bond donors (Lipinski definition) is 2. The first kappa shape index (κ1) is 23.6. The standard InChI is InChI=1S/C23H21N3O6S/c1-3-32-23(29)18-14(2)19(21(28)24-13-15-8-5-4-6-9-15)33-22(18)25-20(27)16-10-7-11-17(12-16)26(30)31/h4-12H,3,13H2,1-2H3,(H,24,28)(H,25,27). The van der Waals surface area contributed by atoms with E-state index < -0.39 is 22.7 Å². The van der Waals surface area contributed by atoms with Gasteiger partial charge in [-0.25, -0.2) is 4.79 Å². The van der Waals surface area contributed by atoms with Crippen LogP contribution in [0.4, 0.5) is 10.7 Å². The van der Waals surface area contributed by atoms with Gasteiger partial charge in [-0.2, -0.15) is 0 Å². The second kappa shape index (κ2) is 10.5. The Hall–Kier alpha value is -4.05. The van der Waals surface area contributed by atoms with Crippen molar-refractivity contribution in [1.82, 2.24) is 5.32 Å². The van der Waals surface area contributed by atoms with Crippen LogP contribution in [-0.4, -0.2) is 29.3 Å². The van der Waals surface area contributed by atoms with E-state index in [0.29, 0.717) is 12.1 Å². The van der Waals surface area contributed by atoms with Crippen LogP contribution < -0.4 is 10.6 Å². The molecule has 0 aliphatic rings. The number of benzene rings is 2. The van der Waals surface area contributed by atoms with Crippen LogP contribution in [0.2, 0.25) is 0 Å². The Bertz CT molecular complexity index is 1210. The number of carbonyl (C=O) groups is 3. The van der Waals surface area contributed by atoms with Crippen molar-refractivity contribution in [3.8, 4) is 0 Å². The van der Waals surface area contributed by atoms with Gasteiger partial charge in [0, 0.05) is 24.2 Å². The van der Waals surface area contributed by atoms with Crippen LogP contribution in [0.25, 0.3) is 0 Å². The van der Waals surface area contributed by atoms with Crippen LogP contribution >= 0.6 is 11.3 Å². The molecule has 170 valence electrons. The van der Waals surface area contributed by atoms with Crippen molar-refractivity contribution in [2.75, 3.05) is 11.9 Å². The number of nitrogens with zero attached hydrogens (tertiary/aromatic N) is 1. The fraction of sp³-hybridized carbons (Fsp3) is 0.174. The minimum absolute atomic E-state index is 0.0418. The molecule has 9 nitrogen and oxygen atoms in total. The van der Waals surface area contributed by atoms with E-state index in [2.05, 4.69) is 10.6 Å². The van der Waals surface area contributed by atoms with E-state index in [0.717, 1.165) is 23.0 Å². The van der Waals surface area contributed by atoms with E-state index in [1.165, 1.54) is 18.2 Å². The number of nitro groups is 1. The van der Waals surface area contributed by atoms with Crippen molar-refractivity contribution in [2.24, 2.45) is 0 Å². The number of nitrogens with one attached hydrogen (secondary N) is 2. The molecule has 0 unspecified atom stereocenters. The van der Waals surface area contributed by atoms with Crippen molar-refractivity contribution < 1.29 is 24.0 Å². The van der Waals surface area contributed by atoms with Gasteiger partial charge in [0.05, 0.1) is 22.0 Å². The molecule has 33 heavy (non-hydrogen) atoms. The molecule has 1 heterocycles. The van der Waals surface area contributed by atoms with Crippen molar-refractivity contribution in [2.45, 2.75) is 20.4 Å². The van der Waals surface area contributed by atoms with Gasteiger partial charge >= 0.3 is 5.97 Å². The summed E-state index contributed by atoms with van der Waals surface area (Å²) in [7, 11) is 0. The maximum Gasteiger partial charge on any atom is 0.341 e. The van der Waals surface area contributed by atoms with Gasteiger partial charge in [0.25, 0.3) is 17.5 Å². The molecule has 0 fully saturated rings. The van der Waals surface area contributed by atoms with Gasteiger partial charge < -0.3 is 15.4 Å². The molecule has 2 aromatic carbocycles. The monoisotopic (exact) mass is 467 g/mol. The van der Waals surface area contributed by atoms with Crippen LogP contribution in [0.15, 0.2) is 54.6 Å². The maximum atomic E-state index is 12.8. The Morgan fingerprint density at radius 1 is 1.06 bits per heavy atom. The van der Waals surface area contributed by atoms with Gasteiger partial charge in [-0.05, 0) is 31.0 Å². The molecule has 2 N–H and O–H groups in total. The zero-order valence-electron chi connectivity index (χ0n) is 17.9. The highest BCUT2D eigenvalue weighted by atomic mass is 32.1. The molecule has 0 saturated heterocycles. The normalized spacial score (nSPS) is 10.4. The third-order valence-corrected chi connectivity index (χ3v) is 5.88. The summed E-state index contributed by atoms with van der Waals surface area (Å²) in [5.74, 6) is -1.73. The number of rotatable bonds is 8. The van der Waals surface area contributed by atoms with E-state index in [9.17, 15) is 24.5 Å². The largest absolute Gasteiger partial charge is 0.462 e. The highest BCUT2D eigenvalue weighted by Gasteiger charge is 2.27. The van der Waals surface area contributed by atoms with E-state index in [1.54, 1.807) is 13.8 Å². The summed E-state index contributed by atoms with van der Waals surface area (Å²) in [6.07, 6.45) is 0. The maximum absolute atomic E-state index is 12.8. The lowest BCUT2D eigenvalue weighted by molar-refractivity contribution is -0.384. The molecule has 3 rings (SSSR count). The molecule has 0 bridgehead atoms. The molecular weight excluding hydrogens is 446 g/mol. The topological polar surface area (TPSA) is 128 Å². The summed E-state index contributed by atoms with van der Waals surface area (Å²) in [6, 6.07) is 14.5. The van der Waals surface area contributed by atoms with Gasteiger partial charge in [-0.1, -0.05) is 36.4 Å². The molecular formula is C23H21N3O6S. The van der Waals surface area contributed by atoms with E-state index in [-0.39, 0.29) is 33.3 Å². The molecule has 0 radical (unpaired) electrons. The highest BCUT2D eigenvalue weighted by Crippen LogP contribution is 2.34. The molecule has 0 spiro atoms. The van der Waals surface area contributed by atoms with E-state index in [4.69, 9.17) is 4.74 Å². The smallest absolute Gasteiger partial charge is 0.341 e. The van der Waals surface area contributed by atoms with Crippen molar-refractivity contribution in [3.05, 3.63) is 91.8 Å². The third-order valence-electron chi connectivity index (χ3n) is 4.67. The number of thiophene rings is 1. The lowest BCUT2D eigenvalue weighted by atomic mass is 10.1. The first-order valence-corrected chi connectivity index (χ1v) is 10.8. The number of esters is 1. The van der Waals surface area contributed by atoms with Crippen LogP contribution in [0.1, 0.15) is 48.4 Å². The van der Waals surface area contributed by atoms with Crippen molar-refractivity contribution in [3.63, 3.8) is 0 Å².